The van der Waals surface area contributed by atoms with Crippen molar-refractivity contribution in [3.63, 3.8) is 0 Å². The van der Waals surface area contributed by atoms with Crippen LogP contribution in [0.5, 0.6) is 0 Å². The van der Waals surface area contributed by atoms with Crippen LogP contribution >= 0.6 is 0 Å². The van der Waals surface area contributed by atoms with Gasteiger partial charge in [-0.25, -0.2) is 0 Å². The Hall–Kier alpha value is -1.23. The van der Waals surface area contributed by atoms with Crippen LogP contribution in [-0.4, -0.2) is 45.8 Å². The molecule has 0 aromatic rings. The van der Waals surface area contributed by atoms with E-state index >= 15 is 0 Å². The Morgan fingerprint density at radius 3 is 1.44 bits per heavy atom. The van der Waals surface area contributed by atoms with Crippen LogP contribution < -0.4 is 0 Å². The highest BCUT2D eigenvalue weighted by Gasteiger charge is 2.42. The molecule has 0 aromatic carbocycles. The van der Waals surface area contributed by atoms with Crippen molar-refractivity contribution in [3.05, 3.63) is 0 Å². The summed E-state index contributed by atoms with van der Waals surface area (Å²) in [5, 5.41) is 0. The van der Waals surface area contributed by atoms with Crippen LogP contribution in [0.1, 0.15) is 78.1 Å². The van der Waals surface area contributed by atoms with Crippen molar-refractivity contribution in [2.75, 3.05) is 7.11 Å². The summed E-state index contributed by atoms with van der Waals surface area (Å²) < 4.78 is 14.7. The largest absolute Gasteiger partial charge is 1.10 e. The Bertz CT molecular complexity index is 399. The van der Waals surface area contributed by atoms with Crippen LogP contribution in [0.25, 0.3) is 0 Å². The lowest BCUT2D eigenvalue weighted by molar-refractivity contribution is -0.144. The molecule has 0 aliphatic rings. The van der Waals surface area contributed by atoms with Crippen molar-refractivity contribution in [1.29, 1.82) is 0 Å². The molecular formula is C17H29AlO7. The van der Waals surface area contributed by atoms with E-state index in [-0.39, 0.29) is 24.4 Å². The van der Waals surface area contributed by atoms with Crippen LogP contribution in [0.2, 0.25) is 0 Å². The van der Waals surface area contributed by atoms with Gasteiger partial charge in [-0.2, -0.15) is 0 Å². The van der Waals surface area contributed by atoms with Crippen molar-refractivity contribution in [2.45, 2.75) is 78.1 Å². The van der Waals surface area contributed by atoms with E-state index < -0.39 is 27.1 Å². The van der Waals surface area contributed by atoms with Crippen molar-refractivity contribution in [3.8, 4) is 0 Å². The first-order valence-corrected chi connectivity index (χ1v) is 10.3. The molecule has 0 saturated carbocycles. The molecule has 0 N–H and O–H groups in total. The first kappa shape index (κ1) is 23.8. The molecule has 0 saturated heterocycles. The number of Topliss-reactive ketones (excluding diaryl/α,β-unsaturated/α-hetero) is 2. The third-order valence-corrected chi connectivity index (χ3v) is 4.74. The second-order valence-corrected chi connectivity index (χ2v) is 7.37. The molecule has 8 heteroatoms. The number of ketones is 2. The molecule has 0 heterocycles. The van der Waals surface area contributed by atoms with Crippen molar-refractivity contribution < 1.29 is 30.5 Å². The second kappa shape index (κ2) is 15.1. The van der Waals surface area contributed by atoms with Gasteiger partial charge < -0.3 is 11.4 Å². The molecule has 142 valence electrons. The SMILES string of the molecule is CCCCCC(=O)CC(=O)[O][Al]([O]C)[O]C(=O)CC(=O)CCCCC. The first-order chi connectivity index (χ1) is 11.9. The Kier molecular flexibility index (Phi) is 14.3. The number of hydrogen-bond acceptors (Lipinski definition) is 7. The van der Waals surface area contributed by atoms with Gasteiger partial charge in [0.2, 0.25) is 0 Å². The van der Waals surface area contributed by atoms with Gasteiger partial charge in [0.05, 0.1) is 0 Å². The van der Waals surface area contributed by atoms with E-state index in [1.165, 1.54) is 7.11 Å². The average molecular weight is 372 g/mol. The number of carbonyl (C=O) groups excluding carboxylic acids is 4. The molecule has 0 rings (SSSR count). The van der Waals surface area contributed by atoms with E-state index in [0.717, 1.165) is 38.5 Å². The predicted octanol–water partition coefficient (Wildman–Crippen LogP) is 2.78. The minimum atomic E-state index is -3.02. The molecule has 0 bridgehead atoms. The molecule has 0 atom stereocenters. The molecule has 0 radical (unpaired) electrons. The van der Waals surface area contributed by atoms with Gasteiger partial charge in [0, 0.05) is 20.0 Å². The fourth-order valence-corrected chi connectivity index (χ4v) is 2.90. The quantitative estimate of drug-likeness (QED) is 0.248. The van der Waals surface area contributed by atoms with Crippen LogP contribution in [0.4, 0.5) is 0 Å². The molecule has 25 heavy (non-hydrogen) atoms. The minimum absolute atomic E-state index is 0.209. The lowest BCUT2D eigenvalue weighted by Gasteiger charge is -2.11. The maximum Gasteiger partial charge on any atom is 1.10 e. The van der Waals surface area contributed by atoms with E-state index in [1.54, 1.807) is 0 Å². The lowest BCUT2D eigenvalue weighted by Crippen LogP contribution is -2.32. The highest BCUT2D eigenvalue weighted by molar-refractivity contribution is 6.42. The summed E-state index contributed by atoms with van der Waals surface area (Å²) >= 11 is -3.02. The van der Waals surface area contributed by atoms with E-state index in [0.29, 0.717) is 12.8 Å². The maximum absolute atomic E-state index is 11.7. The number of hydrogen-bond donors (Lipinski definition) is 0. The fraction of sp³-hybridized carbons (Fsp3) is 0.765. The Balaban J connectivity index is 4.14. The topological polar surface area (TPSA) is 96.0 Å². The molecule has 0 aliphatic carbocycles. The van der Waals surface area contributed by atoms with Gasteiger partial charge in [-0.3, -0.25) is 19.2 Å². The molecule has 0 unspecified atom stereocenters. The summed E-state index contributed by atoms with van der Waals surface area (Å²) in [6.07, 6.45) is 5.26. The molecule has 0 fully saturated rings. The van der Waals surface area contributed by atoms with Gasteiger partial charge in [-0.1, -0.05) is 39.5 Å². The van der Waals surface area contributed by atoms with E-state index in [4.69, 9.17) is 11.4 Å². The summed E-state index contributed by atoms with van der Waals surface area (Å²) in [7, 11) is 1.25. The summed E-state index contributed by atoms with van der Waals surface area (Å²) in [5.74, 6) is -1.94. The van der Waals surface area contributed by atoms with Gasteiger partial charge in [0.25, 0.3) is 11.9 Å². The van der Waals surface area contributed by atoms with E-state index in [1.807, 2.05) is 13.8 Å². The van der Waals surface area contributed by atoms with Gasteiger partial charge in [-0.05, 0) is 12.8 Å². The summed E-state index contributed by atoms with van der Waals surface area (Å²) in [6, 6.07) is 0. The monoisotopic (exact) mass is 372 g/mol. The fourth-order valence-electron chi connectivity index (χ4n) is 2.06. The van der Waals surface area contributed by atoms with Crippen LogP contribution in [0, 0.1) is 0 Å². The molecule has 0 amide bonds. The average Bonchev–Trinajstić information content (AvgIpc) is 2.54. The minimum Gasteiger partial charge on any atom is -0.561 e. The van der Waals surface area contributed by atoms with Crippen LogP contribution in [0.15, 0.2) is 0 Å². The molecule has 7 nitrogen and oxygen atoms in total. The van der Waals surface area contributed by atoms with Gasteiger partial charge in [-0.15, -0.1) is 0 Å². The highest BCUT2D eigenvalue weighted by Crippen LogP contribution is 2.06. The molecule has 0 aliphatic heterocycles. The third kappa shape index (κ3) is 13.7. The van der Waals surface area contributed by atoms with Crippen molar-refractivity contribution in [2.24, 2.45) is 0 Å². The number of rotatable bonds is 15. The van der Waals surface area contributed by atoms with E-state index in [9.17, 15) is 19.2 Å². The zero-order chi connectivity index (χ0) is 19.1. The standard InChI is InChI=1S/2C8H14O3.CH3O.Al/c2*1-2-3-4-5-7(9)6-8(10)11;1-2;/h2*2-6H2,1H3,(H,10,11);1H3;/q;;-1;+3/p-2. The van der Waals surface area contributed by atoms with Crippen LogP contribution in [0.3, 0.4) is 0 Å². The normalized spacial score (nSPS) is 10.2. The second-order valence-electron chi connectivity index (χ2n) is 5.85. The smallest absolute Gasteiger partial charge is 0.561 e. The maximum atomic E-state index is 11.7. The summed E-state index contributed by atoms with van der Waals surface area (Å²) in [6.45, 7) is 4.05. The van der Waals surface area contributed by atoms with Crippen molar-refractivity contribution in [1.82, 2.24) is 0 Å². The zero-order valence-electron chi connectivity index (χ0n) is 15.5. The first-order valence-electron chi connectivity index (χ1n) is 8.88. The Labute approximate surface area is 154 Å². The lowest BCUT2D eigenvalue weighted by atomic mass is 10.1. The zero-order valence-corrected chi connectivity index (χ0v) is 16.7. The molecule has 0 spiro atoms. The summed E-state index contributed by atoms with van der Waals surface area (Å²) in [5.41, 5.74) is 0. The number of unbranched alkanes of at least 4 members (excludes halogenated alkanes) is 4. The predicted molar refractivity (Wildman–Crippen MR) is 92.5 cm³/mol. The van der Waals surface area contributed by atoms with Crippen molar-refractivity contribution >= 4 is 38.7 Å². The highest BCUT2D eigenvalue weighted by atomic mass is 27.3. The van der Waals surface area contributed by atoms with Gasteiger partial charge >= 0.3 is 15.1 Å². The van der Waals surface area contributed by atoms with Crippen LogP contribution in [-0.2, 0) is 30.5 Å². The molecular weight excluding hydrogens is 343 g/mol. The summed E-state index contributed by atoms with van der Waals surface area (Å²) in [4.78, 5) is 46.6. The Morgan fingerprint density at radius 1 is 0.720 bits per heavy atom. The van der Waals surface area contributed by atoms with Gasteiger partial charge in [0.15, 0.2) is 0 Å². The van der Waals surface area contributed by atoms with E-state index in [2.05, 4.69) is 0 Å². The Morgan fingerprint density at radius 2 is 1.12 bits per heavy atom. The molecule has 0 aromatic heterocycles. The third-order valence-electron chi connectivity index (χ3n) is 3.45. The number of carbonyl (C=O) groups is 4. The van der Waals surface area contributed by atoms with Gasteiger partial charge in [0.1, 0.15) is 24.4 Å².